The first-order valence-electron chi connectivity index (χ1n) is 5.04. The molecular formula is C11H20N2Si. The normalized spacial score (nSPS) is 10.3. The second-order valence-corrected chi connectivity index (χ2v) is 4.63. The molecule has 0 bridgehead atoms. The maximum Gasteiger partial charge on any atom is 0.0627 e. The second-order valence-electron chi connectivity index (χ2n) is 3.93. The molecule has 0 radical (unpaired) electrons. The molecule has 14 heavy (non-hydrogen) atoms. The van der Waals surface area contributed by atoms with E-state index < -0.39 is 0 Å². The summed E-state index contributed by atoms with van der Waals surface area (Å²) < 4.78 is 0. The highest BCUT2D eigenvalue weighted by molar-refractivity contribution is 6.09. The molecule has 2 nitrogen and oxygen atoms in total. The van der Waals surface area contributed by atoms with Crippen molar-refractivity contribution in [1.82, 2.24) is 0 Å². The van der Waals surface area contributed by atoms with Gasteiger partial charge in [0.1, 0.15) is 0 Å². The zero-order valence-electron chi connectivity index (χ0n) is 9.83. The molecule has 0 amide bonds. The van der Waals surface area contributed by atoms with Crippen molar-refractivity contribution in [3.8, 4) is 0 Å². The summed E-state index contributed by atoms with van der Waals surface area (Å²) in [4.78, 5) is 4.39. The van der Waals surface area contributed by atoms with Crippen LogP contribution in [0.5, 0.6) is 0 Å². The van der Waals surface area contributed by atoms with Gasteiger partial charge in [-0.15, -0.1) is 0 Å². The molecule has 0 heterocycles. The lowest BCUT2D eigenvalue weighted by Crippen LogP contribution is -2.18. The lowest BCUT2D eigenvalue weighted by atomic mass is 10.1. The zero-order chi connectivity index (χ0) is 10.7. The highest BCUT2D eigenvalue weighted by Crippen LogP contribution is 2.30. The number of nitrogens with zero attached hydrogens (tertiary/aromatic N) is 2. The van der Waals surface area contributed by atoms with Crippen LogP contribution in [0, 0.1) is 0 Å². The van der Waals surface area contributed by atoms with Gasteiger partial charge in [0.05, 0.1) is 11.4 Å². The van der Waals surface area contributed by atoms with Crippen LogP contribution >= 0.6 is 0 Å². The molecule has 0 saturated heterocycles. The predicted octanol–water partition coefficient (Wildman–Crippen LogP) is 0.684. The largest absolute Gasteiger partial charge is 0.376 e. The molecule has 0 aliphatic carbocycles. The molecule has 78 valence electrons. The third kappa shape index (κ3) is 2.10. The van der Waals surface area contributed by atoms with E-state index in [1.165, 1.54) is 33.2 Å². The van der Waals surface area contributed by atoms with E-state index in [0.717, 1.165) is 0 Å². The monoisotopic (exact) mass is 208 g/mol. The lowest BCUT2D eigenvalue weighted by molar-refractivity contribution is 1.06. The number of hydrogen-bond acceptors (Lipinski definition) is 2. The van der Waals surface area contributed by atoms with Crippen molar-refractivity contribution >= 4 is 21.6 Å². The molecule has 0 aromatic heterocycles. The van der Waals surface area contributed by atoms with E-state index in [0.29, 0.717) is 0 Å². The van der Waals surface area contributed by atoms with Gasteiger partial charge in [0.2, 0.25) is 0 Å². The van der Waals surface area contributed by atoms with E-state index in [1.54, 1.807) is 0 Å². The van der Waals surface area contributed by atoms with Crippen LogP contribution in [0.3, 0.4) is 0 Å². The van der Waals surface area contributed by atoms with Crippen LogP contribution in [-0.4, -0.2) is 38.4 Å². The summed E-state index contributed by atoms with van der Waals surface area (Å²) in [6, 6.07) is 7.77. The van der Waals surface area contributed by atoms with E-state index >= 15 is 0 Å². The Hall–Kier alpha value is -0.963. The minimum atomic E-state index is 1.22. The highest BCUT2D eigenvalue weighted by Gasteiger charge is 2.09. The Labute approximate surface area is 89.9 Å². The fourth-order valence-electron chi connectivity index (χ4n) is 1.74. The third-order valence-electron chi connectivity index (χ3n) is 2.41. The SMILES string of the molecule is CN(C)c1cccc(C[SiH3])c1N(C)C. The summed E-state index contributed by atoms with van der Waals surface area (Å²) in [6.07, 6.45) is 0. The van der Waals surface area contributed by atoms with Gasteiger partial charge >= 0.3 is 0 Å². The fraction of sp³-hybridized carbons (Fsp3) is 0.455. The summed E-state index contributed by atoms with van der Waals surface area (Å²) in [5.41, 5.74) is 4.14. The highest BCUT2D eigenvalue weighted by atomic mass is 28.1. The first-order chi connectivity index (χ1) is 6.57. The van der Waals surface area contributed by atoms with E-state index in [-0.39, 0.29) is 0 Å². The Balaban J connectivity index is 3.28. The van der Waals surface area contributed by atoms with Gasteiger partial charge in [-0.2, -0.15) is 0 Å². The van der Waals surface area contributed by atoms with E-state index in [9.17, 15) is 0 Å². The average Bonchev–Trinajstić information content (AvgIpc) is 2.16. The van der Waals surface area contributed by atoms with Crippen molar-refractivity contribution in [1.29, 1.82) is 0 Å². The standard InChI is InChI=1S/C11H20N2Si/c1-12(2)10-7-5-6-9(8-14)11(10)13(3)4/h5-7H,8H2,1-4,14H3. The molecule has 0 unspecified atom stereocenters. The minimum Gasteiger partial charge on any atom is -0.376 e. The Morgan fingerprint density at radius 3 is 2.14 bits per heavy atom. The van der Waals surface area contributed by atoms with Crippen molar-refractivity contribution in [3.63, 3.8) is 0 Å². The maximum absolute atomic E-state index is 2.23. The van der Waals surface area contributed by atoms with Crippen LogP contribution in [0.1, 0.15) is 5.56 Å². The molecule has 1 aromatic carbocycles. The van der Waals surface area contributed by atoms with Gasteiger partial charge in [0.15, 0.2) is 0 Å². The first-order valence-corrected chi connectivity index (χ1v) is 6.45. The molecule has 0 fully saturated rings. The summed E-state index contributed by atoms with van der Waals surface area (Å²) in [5, 5.41) is 0. The van der Waals surface area contributed by atoms with Gasteiger partial charge in [0, 0.05) is 38.4 Å². The molecule has 0 atom stereocenters. The van der Waals surface area contributed by atoms with Gasteiger partial charge < -0.3 is 9.80 Å². The van der Waals surface area contributed by atoms with Crippen LogP contribution in [0.25, 0.3) is 0 Å². The van der Waals surface area contributed by atoms with Gasteiger partial charge in [-0.25, -0.2) is 0 Å². The molecule has 1 rings (SSSR count). The molecule has 0 spiro atoms. The smallest absolute Gasteiger partial charge is 0.0627 e. The van der Waals surface area contributed by atoms with Crippen LogP contribution in [0.4, 0.5) is 11.4 Å². The van der Waals surface area contributed by atoms with Crippen LogP contribution in [-0.2, 0) is 6.04 Å². The Bertz CT molecular complexity index is 308. The van der Waals surface area contributed by atoms with Gasteiger partial charge in [-0.3, -0.25) is 0 Å². The quantitative estimate of drug-likeness (QED) is 0.674. The molecular weight excluding hydrogens is 188 g/mol. The van der Waals surface area contributed by atoms with Gasteiger partial charge in [-0.05, 0) is 17.7 Å². The van der Waals surface area contributed by atoms with Crippen LogP contribution in [0.2, 0.25) is 0 Å². The van der Waals surface area contributed by atoms with Gasteiger partial charge in [0.25, 0.3) is 0 Å². The Morgan fingerprint density at radius 1 is 1.07 bits per heavy atom. The maximum atomic E-state index is 2.23. The zero-order valence-corrected chi connectivity index (χ0v) is 11.8. The Morgan fingerprint density at radius 2 is 1.71 bits per heavy atom. The molecule has 0 saturated carbocycles. The predicted molar refractivity (Wildman–Crippen MR) is 68.7 cm³/mol. The van der Waals surface area contributed by atoms with E-state index in [4.69, 9.17) is 0 Å². The van der Waals surface area contributed by atoms with E-state index in [2.05, 4.69) is 56.2 Å². The molecule has 3 heteroatoms. The van der Waals surface area contributed by atoms with Crippen molar-refractivity contribution in [2.24, 2.45) is 0 Å². The number of para-hydroxylation sites is 1. The minimum absolute atomic E-state index is 1.22. The van der Waals surface area contributed by atoms with Crippen molar-refractivity contribution in [2.75, 3.05) is 38.0 Å². The van der Waals surface area contributed by atoms with E-state index in [1.807, 2.05) is 0 Å². The summed E-state index contributed by atoms with van der Waals surface area (Å²) in [5.74, 6) is 0. The average molecular weight is 208 g/mol. The fourth-order valence-corrected chi connectivity index (χ4v) is 2.31. The summed E-state index contributed by atoms with van der Waals surface area (Å²) in [7, 11) is 9.64. The summed E-state index contributed by atoms with van der Waals surface area (Å²) in [6.45, 7) is 0. The number of rotatable bonds is 3. The second kappa shape index (κ2) is 4.51. The van der Waals surface area contributed by atoms with Crippen molar-refractivity contribution in [3.05, 3.63) is 23.8 Å². The molecule has 1 aromatic rings. The molecule has 0 aliphatic rings. The topological polar surface area (TPSA) is 6.48 Å². The number of hydrogen-bond donors (Lipinski definition) is 0. The Kier molecular flexibility index (Phi) is 3.58. The number of benzene rings is 1. The first kappa shape index (κ1) is 11.1. The van der Waals surface area contributed by atoms with Gasteiger partial charge in [-0.1, -0.05) is 12.1 Å². The van der Waals surface area contributed by atoms with Crippen molar-refractivity contribution in [2.45, 2.75) is 6.04 Å². The van der Waals surface area contributed by atoms with Crippen LogP contribution < -0.4 is 9.80 Å². The summed E-state index contributed by atoms with van der Waals surface area (Å²) >= 11 is 0. The molecule has 0 N–H and O–H groups in total. The number of anilines is 2. The third-order valence-corrected chi connectivity index (χ3v) is 3.17. The lowest BCUT2D eigenvalue weighted by Gasteiger charge is -2.25. The van der Waals surface area contributed by atoms with Crippen molar-refractivity contribution < 1.29 is 0 Å². The van der Waals surface area contributed by atoms with Crippen LogP contribution in [0.15, 0.2) is 18.2 Å². The molecule has 0 aliphatic heterocycles.